The molecule has 6 atom stereocenters. The van der Waals surface area contributed by atoms with Gasteiger partial charge in [0.2, 0.25) is 0 Å². The molecule has 0 bridgehead atoms. The van der Waals surface area contributed by atoms with E-state index in [0.717, 1.165) is 37.5 Å². The first-order chi connectivity index (χ1) is 19.2. The van der Waals surface area contributed by atoms with Gasteiger partial charge in [0.05, 0.1) is 18.4 Å². The number of fused-ring (bicyclic) bond motifs is 4. The number of hydrogen-bond donors (Lipinski definition) is 2. The molecule has 6 unspecified atom stereocenters. The summed E-state index contributed by atoms with van der Waals surface area (Å²) in [7, 11) is 3.09. The van der Waals surface area contributed by atoms with Gasteiger partial charge in [-0.05, 0) is 107 Å². The number of carboxylic acid groups (broad SMARTS) is 1. The van der Waals surface area contributed by atoms with E-state index in [1.165, 1.54) is 62.2 Å². The van der Waals surface area contributed by atoms with Crippen LogP contribution in [0, 0.1) is 34.0 Å². The normalized spacial score (nSPS) is 34.5. The average Bonchev–Trinajstić information content (AvgIpc) is 3.21. The molecule has 0 aromatic carbocycles. The van der Waals surface area contributed by atoms with E-state index >= 15 is 0 Å². The summed E-state index contributed by atoms with van der Waals surface area (Å²) in [4.78, 5) is 23.4. The maximum Gasteiger partial charge on any atom is 0.306 e. The van der Waals surface area contributed by atoms with E-state index in [4.69, 9.17) is 9.84 Å². The van der Waals surface area contributed by atoms with Crippen molar-refractivity contribution in [2.24, 2.45) is 34.0 Å². The van der Waals surface area contributed by atoms with Crippen molar-refractivity contribution in [3.05, 3.63) is 11.1 Å². The molecule has 0 aromatic rings. The molecule has 0 spiro atoms. The lowest BCUT2D eigenvalue weighted by Crippen LogP contribution is -2.54. The van der Waals surface area contributed by atoms with Gasteiger partial charge in [0.25, 0.3) is 0 Å². The molecule has 2 fully saturated rings. The van der Waals surface area contributed by atoms with Crippen LogP contribution >= 0.6 is 21.6 Å². The van der Waals surface area contributed by atoms with Crippen LogP contribution in [0.4, 0.5) is 0 Å². The first-order valence-electron chi connectivity index (χ1n) is 16.3. The van der Waals surface area contributed by atoms with Crippen molar-refractivity contribution in [2.45, 2.75) is 143 Å². The Hall–Kier alpha value is -0.660. The highest BCUT2D eigenvalue weighted by Gasteiger charge is 2.59. The van der Waals surface area contributed by atoms with Crippen LogP contribution in [0.1, 0.15) is 131 Å². The lowest BCUT2D eigenvalue weighted by Gasteiger charge is -2.60. The number of carbonyl (C=O) groups is 2. The summed E-state index contributed by atoms with van der Waals surface area (Å²) >= 11 is 0. The van der Waals surface area contributed by atoms with Crippen molar-refractivity contribution in [1.82, 2.24) is 0 Å². The highest BCUT2D eigenvalue weighted by Crippen LogP contribution is 2.67. The van der Waals surface area contributed by atoms with Crippen molar-refractivity contribution in [3.63, 3.8) is 0 Å². The Morgan fingerprint density at radius 1 is 0.951 bits per heavy atom. The van der Waals surface area contributed by atoms with Crippen LogP contribution in [0.15, 0.2) is 11.1 Å². The van der Waals surface area contributed by atoms with Gasteiger partial charge in [-0.3, -0.25) is 9.59 Å². The standard InChI is InChI=1S/C34H56O5S2/c1-31(2,38)18-8-7-9-23-10-12-25-24-11-13-27-32(3,4)28(39-30(37)17-22-41-40-21-16-29(35)36)15-20-34(27,6)26(24)14-19-33(23,25)5/h23,25,27-28,38H,7-22H2,1-6H3,(H,35,36). The van der Waals surface area contributed by atoms with Gasteiger partial charge < -0.3 is 14.9 Å². The zero-order valence-corrected chi connectivity index (χ0v) is 28.2. The highest BCUT2D eigenvalue weighted by molar-refractivity contribution is 8.76. The first-order valence-corrected chi connectivity index (χ1v) is 18.8. The molecular weight excluding hydrogens is 553 g/mol. The predicted octanol–water partition coefficient (Wildman–Crippen LogP) is 8.83. The largest absolute Gasteiger partial charge is 0.481 e. The molecule has 2 N–H and O–H groups in total. The summed E-state index contributed by atoms with van der Waals surface area (Å²) < 4.78 is 6.16. The summed E-state index contributed by atoms with van der Waals surface area (Å²) in [6.07, 6.45) is 14.8. The van der Waals surface area contributed by atoms with Gasteiger partial charge in [0, 0.05) is 16.9 Å². The van der Waals surface area contributed by atoms with Crippen LogP contribution in [0.2, 0.25) is 0 Å². The van der Waals surface area contributed by atoms with E-state index in [1.54, 1.807) is 16.4 Å². The molecule has 4 aliphatic rings. The van der Waals surface area contributed by atoms with Gasteiger partial charge in [-0.1, -0.05) is 73.3 Å². The van der Waals surface area contributed by atoms with Gasteiger partial charge in [-0.15, -0.1) is 0 Å². The number of ether oxygens (including phenoxy) is 1. The van der Waals surface area contributed by atoms with Crippen LogP contribution in [0.3, 0.4) is 0 Å². The molecule has 7 heteroatoms. The molecule has 0 saturated heterocycles. The Morgan fingerprint density at radius 3 is 2.34 bits per heavy atom. The summed E-state index contributed by atoms with van der Waals surface area (Å²) in [5.41, 5.74) is 3.65. The highest BCUT2D eigenvalue weighted by atomic mass is 33.1. The molecule has 4 aliphatic carbocycles. The van der Waals surface area contributed by atoms with Crippen molar-refractivity contribution in [2.75, 3.05) is 11.5 Å². The van der Waals surface area contributed by atoms with Crippen molar-refractivity contribution in [3.8, 4) is 0 Å². The van der Waals surface area contributed by atoms with Crippen LogP contribution in [-0.2, 0) is 14.3 Å². The third-order valence-corrected chi connectivity index (χ3v) is 14.2. The van der Waals surface area contributed by atoms with Crippen LogP contribution in [0.5, 0.6) is 0 Å². The topological polar surface area (TPSA) is 83.8 Å². The molecule has 5 nitrogen and oxygen atoms in total. The lowest BCUT2D eigenvalue weighted by molar-refractivity contribution is -0.169. The first kappa shape index (κ1) is 33.2. The molecule has 2 saturated carbocycles. The molecule has 0 amide bonds. The van der Waals surface area contributed by atoms with E-state index in [0.29, 0.717) is 29.3 Å². The zero-order valence-electron chi connectivity index (χ0n) is 26.6. The Morgan fingerprint density at radius 2 is 1.66 bits per heavy atom. The minimum atomic E-state index is -0.779. The number of carboxylic acids is 1. The van der Waals surface area contributed by atoms with Crippen molar-refractivity contribution < 1.29 is 24.5 Å². The second kappa shape index (κ2) is 13.1. The van der Waals surface area contributed by atoms with E-state index < -0.39 is 11.6 Å². The molecule has 0 aromatic heterocycles. The molecule has 234 valence electrons. The fourth-order valence-corrected chi connectivity index (χ4v) is 11.6. The molecular formula is C34H56O5S2. The van der Waals surface area contributed by atoms with E-state index in [9.17, 15) is 14.7 Å². The van der Waals surface area contributed by atoms with Gasteiger partial charge >= 0.3 is 11.9 Å². The summed E-state index contributed by atoms with van der Waals surface area (Å²) in [6.45, 7) is 13.7. The van der Waals surface area contributed by atoms with E-state index in [2.05, 4.69) is 27.7 Å². The monoisotopic (exact) mass is 608 g/mol. The van der Waals surface area contributed by atoms with Gasteiger partial charge in [0.15, 0.2) is 0 Å². The molecule has 4 rings (SSSR count). The second-order valence-corrected chi connectivity index (χ2v) is 18.0. The zero-order chi connectivity index (χ0) is 30.1. The van der Waals surface area contributed by atoms with Crippen LogP contribution < -0.4 is 0 Å². The SMILES string of the molecule is CC(C)(O)CCCCC1CCC2C3=C(CCC12C)C1(C)CCC(OC(=O)CCSSCCC(=O)O)C(C)(C)C1CC3. The minimum Gasteiger partial charge on any atom is -0.481 e. The maximum absolute atomic E-state index is 12.8. The molecule has 0 aliphatic heterocycles. The minimum absolute atomic E-state index is 0.0338. The Labute approximate surface area is 257 Å². The number of carbonyl (C=O) groups excluding carboxylic acids is 1. The predicted molar refractivity (Wildman–Crippen MR) is 171 cm³/mol. The fraction of sp³-hybridized carbons (Fsp3) is 0.882. The summed E-state index contributed by atoms with van der Waals surface area (Å²) in [5.74, 6) is 2.42. The quantitative estimate of drug-likeness (QED) is 0.0935. The Kier molecular flexibility index (Phi) is 10.7. The third-order valence-electron chi connectivity index (χ3n) is 11.8. The van der Waals surface area contributed by atoms with Crippen molar-refractivity contribution in [1.29, 1.82) is 0 Å². The van der Waals surface area contributed by atoms with Gasteiger partial charge in [-0.25, -0.2) is 0 Å². The van der Waals surface area contributed by atoms with E-state index in [-0.39, 0.29) is 29.3 Å². The molecule has 41 heavy (non-hydrogen) atoms. The number of allylic oxidation sites excluding steroid dienone is 2. The molecule has 0 heterocycles. The van der Waals surface area contributed by atoms with Crippen molar-refractivity contribution >= 4 is 33.5 Å². The number of hydrogen-bond acceptors (Lipinski definition) is 6. The molecule has 0 radical (unpaired) electrons. The smallest absolute Gasteiger partial charge is 0.306 e. The van der Waals surface area contributed by atoms with Crippen LogP contribution in [-0.4, -0.2) is 45.4 Å². The van der Waals surface area contributed by atoms with Gasteiger partial charge in [0.1, 0.15) is 6.10 Å². The van der Waals surface area contributed by atoms with Gasteiger partial charge in [-0.2, -0.15) is 0 Å². The third kappa shape index (κ3) is 7.36. The fourth-order valence-electron chi connectivity index (χ4n) is 9.60. The average molecular weight is 609 g/mol. The number of aliphatic carboxylic acids is 1. The lowest BCUT2D eigenvalue weighted by atomic mass is 9.46. The summed E-state index contributed by atoms with van der Waals surface area (Å²) in [5, 5.41) is 18.9. The van der Waals surface area contributed by atoms with E-state index in [1.807, 2.05) is 19.4 Å². The number of aliphatic hydroxyl groups is 1. The maximum atomic E-state index is 12.8. The number of esters is 1. The Balaban J connectivity index is 1.36. The van der Waals surface area contributed by atoms with Crippen LogP contribution in [0.25, 0.3) is 0 Å². The number of unbranched alkanes of at least 4 members (excludes halogenated alkanes) is 1. The second-order valence-electron chi connectivity index (χ2n) is 15.3. The Bertz CT molecular complexity index is 984. The number of rotatable bonds is 13. The summed E-state index contributed by atoms with van der Waals surface area (Å²) in [6, 6.07) is 0.